The average Bonchev–Trinajstić information content (AvgIpc) is 2.42. The molecule has 0 saturated carbocycles. The summed E-state index contributed by atoms with van der Waals surface area (Å²) >= 11 is 0. The maximum Gasteiger partial charge on any atom is 0.289 e. The molecule has 0 heterocycles. The second-order valence-electron chi connectivity index (χ2n) is 4.44. The first-order valence-corrected chi connectivity index (χ1v) is 7.89. The van der Waals surface area contributed by atoms with Gasteiger partial charge in [-0.25, -0.2) is 13.1 Å². The molecule has 0 unspecified atom stereocenters. The van der Waals surface area contributed by atoms with Crippen LogP contribution in [0.25, 0.3) is 0 Å². The molecule has 0 aliphatic carbocycles. The quantitative estimate of drug-likeness (QED) is 0.306. The van der Waals surface area contributed by atoms with E-state index in [2.05, 4.69) is 4.72 Å². The molecule has 0 saturated heterocycles. The summed E-state index contributed by atoms with van der Waals surface area (Å²) in [4.78, 5) is 9.73. The number of sulfonamides is 1. The number of nitrogens with zero attached hydrogens (tertiary/aromatic N) is 1. The molecule has 0 aliphatic rings. The molecule has 9 heteroatoms. The number of hydrogen-bond donors (Lipinski definition) is 2. The highest BCUT2D eigenvalue weighted by Crippen LogP contribution is 2.25. The Morgan fingerprint density at radius 2 is 2.05 bits per heavy atom. The summed E-state index contributed by atoms with van der Waals surface area (Å²) < 4.78 is 31.4. The second kappa shape index (κ2) is 7.91. The Balaban J connectivity index is 2.74. The third-order valence-corrected chi connectivity index (χ3v) is 4.28. The summed E-state index contributed by atoms with van der Waals surface area (Å²) in [6.07, 6.45) is 2.25. The number of nitro groups is 1. The smallest absolute Gasteiger partial charge is 0.289 e. The molecule has 0 amide bonds. The average molecular weight is 317 g/mol. The molecular weight excluding hydrogens is 298 g/mol. The van der Waals surface area contributed by atoms with Crippen LogP contribution in [-0.4, -0.2) is 33.6 Å². The van der Waals surface area contributed by atoms with E-state index in [1.165, 1.54) is 6.07 Å². The van der Waals surface area contributed by atoms with Crippen molar-refractivity contribution in [3.8, 4) is 0 Å². The first-order valence-electron chi connectivity index (χ1n) is 6.41. The summed E-state index contributed by atoms with van der Waals surface area (Å²) in [7, 11) is -2.36. The first kappa shape index (κ1) is 17.3. The Labute approximate surface area is 123 Å². The minimum absolute atomic E-state index is 0.154. The van der Waals surface area contributed by atoms with E-state index >= 15 is 0 Å². The van der Waals surface area contributed by atoms with Gasteiger partial charge >= 0.3 is 0 Å². The summed E-state index contributed by atoms with van der Waals surface area (Å²) in [6, 6.07) is 3.47. The molecule has 21 heavy (non-hydrogen) atoms. The Morgan fingerprint density at radius 3 is 2.67 bits per heavy atom. The van der Waals surface area contributed by atoms with Crippen molar-refractivity contribution in [1.82, 2.24) is 4.72 Å². The van der Waals surface area contributed by atoms with Crippen molar-refractivity contribution < 1.29 is 18.1 Å². The molecule has 0 fully saturated rings. The number of anilines is 1. The lowest BCUT2D eigenvalue weighted by molar-refractivity contribution is -0.387. The highest BCUT2D eigenvalue weighted by atomic mass is 32.2. The largest absolute Gasteiger partial charge is 0.399 e. The van der Waals surface area contributed by atoms with Crippen LogP contribution in [0.1, 0.15) is 19.3 Å². The van der Waals surface area contributed by atoms with E-state index in [0.29, 0.717) is 13.0 Å². The van der Waals surface area contributed by atoms with Crippen LogP contribution >= 0.6 is 0 Å². The van der Waals surface area contributed by atoms with Crippen LogP contribution in [0.5, 0.6) is 0 Å². The van der Waals surface area contributed by atoms with Gasteiger partial charge in [-0.3, -0.25) is 10.1 Å². The summed E-state index contributed by atoms with van der Waals surface area (Å²) in [5.74, 6) is 0. The Morgan fingerprint density at radius 1 is 1.33 bits per heavy atom. The Kier molecular flexibility index (Phi) is 6.53. The van der Waals surface area contributed by atoms with E-state index in [1.807, 2.05) is 0 Å². The number of rotatable bonds is 9. The molecular formula is C12H19N3O5S. The van der Waals surface area contributed by atoms with Gasteiger partial charge in [0.05, 0.1) is 4.92 Å². The molecule has 0 aliphatic heterocycles. The van der Waals surface area contributed by atoms with Gasteiger partial charge in [0.2, 0.25) is 10.0 Å². The number of hydrogen-bond acceptors (Lipinski definition) is 6. The molecule has 3 N–H and O–H groups in total. The third kappa shape index (κ3) is 5.29. The van der Waals surface area contributed by atoms with Crippen molar-refractivity contribution in [3.63, 3.8) is 0 Å². The molecule has 1 aromatic carbocycles. The lowest BCUT2D eigenvalue weighted by Gasteiger charge is -2.08. The fourth-order valence-corrected chi connectivity index (χ4v) is 3.01. The number of methoxy groups -OCH3 is 1. The maximum atomic E-state index is 12.1. The van der Waals surface area contributed by atoms with Crippen LogP contribution in [0.3, 0.4) is 0 Å². The van der Waals surface area contributed by atoms with Gasteiger partial charge in [0, 0.05) is 32.0 Å². The third-order valence-electron chi connectivity index (χ3n) is 2.79. The SMILES string of the molecule is COCCCCCNS(=O)(=O)c1cc(N)ccc1[N+](=O)[O-]. The van der Waals surface area contributed by atoms with Crippen molar-refractivity contribution in [3.05, 3.63) is 28.3 Å². The number of unbranched alkanes of at least 4 members (excludes halogenated alkanes) is 2. The van der Waals surface area contributed by atoms with E-state index in [0.717, 1.165) is 25.0 Å². The van der Waals surface area contributed by atoms with Crippen LogP contribution < -0.4 is 10.5 Å². The minimum Gasteiger partial charge on any atom is -0.399 e. The van der Waals surface area contributed by atoms with E-state index in [4.69, 9.17) is 10.5 Å². The fraction of sp³-hybridized carbons (Fsp3) is 0.500. The van der Waals surface area contributed by atoms with Gasteiger partial charge in [-0.15, -0.1) is 0 Å². The maximum absolute atomic E-state index is 12.1. The van der Waals surface area contributed by atoms with Crippen molar-refractivity contribution in [2.24, 2.45) is 0 Å². The zero-order valence-electron chi connectivity index (χ0n) is 11.7. The molecule has 118 valence electrons. The predicted octanol–water partition coefficient (Wildman–Crippen LogP) is 1.27. The molecule has 8 nitrogen and oxygen atoms in total. The highest BCUT2D eigenvalue weighted by molar-refractivity contribution is 7.89. The predicted molar refractivity (Wildman–Crippen MR) is 78.4 cm³/mol. The Hall–Kier alpha value is -1.71. The van der Waals surface area contributed by atoms with Gasteiger partial charge in [0.1, 0.15) is 0 Å². The summed E-state index contributed by atoms with van der Waals surface area (Å²) in [5.41, 5.74) is 5.17. The molecule has 1 rings (SSSR count). The van der Waals surface area contributed by atoms with Gasteiger partial charge < -0.3 is 10.5 Å². The molecule has 1 aromatic rings. The number of nitrogen functional groups attached to an aromatic ring is 1. The molecule has 0 bridgehead atoms. The molecule has 0 spiro atoms. The van der Waals surface area contributed by atoms with Crippen LogP contribution in [0, 0.1) is 10.1 Å². The zero-order chi connectivity index (χ0) is 15.9. The summed E-state index contributed by atoms with van der Waals surface area (Å²) in [5, 5.41) is 10.9. The highest BCUT2D eigenvalue weighted by Gasteiger charge is 2.25. The van der Waals surface area contributed by atoms with Crippen LogP contribution in [0.4, 0.5) is 11.4 Å². The second-order valence-corrected chi connectivity index (χ2v) is 6.17. The van der Waals surface area contributed by atoms with Crippen LogP contribution in [-0.2, 0) is 14.8 Å². The van der Waals surface area contributed by atoms with E-state index < -0.39 is 25.5 Å². The van der Waals surface area contributed by atoms with E-state index in [9.17, 15) is 18.5 Å². The van der Waals surface area contributed by atoms with Crippen molar-refractivity contribution in [2.75, 3.05) is 26.0 Å². The topological polar surface area (TPSA) is 125 Å². The first-order chi connectivity index (χ1) is 9.88. The van der Waals surface area contributed by atoms with Gasteiger partial charge in [-0.1, -0.05) is 0 Å². The lowest BCUT2D eigenvalue weighted by atomic mass is 10.2. The zero-order valence-corrected chi connectivity index (χ0v) is 12.6. The number of nitrogens with two attached hydrogens (primary N) is 1. The van der Waals surface area contributed by atoms with Crippen molar-refractivity contribution >= 4 is 21.4 Å². The van der Waals surface area contributed by atoms with Crippen LogP contribution in [0.15, 0.2) is 23.1 Å². The standard InChI is InChI=1S/C12H19N3O5S/c1-20-8-4-2-3-7-14-21(18,19)12-9-10(13)5-6-11(12)15(16)17/h5-6,9,14H,2-4,7-8,13H2,1H3. The molecule has 0 radical (unpaired) electrons. The van der Waals surface area contributed by atoms with Gasteiger partial charge in [0.15, 0.2) is 4.90 Å². The number of nitrogens with one attached hydrogen (secondary N) is 1. The minimum atomic E-state index is -3.95. The Bertz CT molecular complexity index is 589. The molecule has 0 atom stereocenters. The van der Waals surface area contributed by atoms with Crippen LogP contribution in [0.2, 0.25) is 0 Å². The van der Waals surface area contributed by atoms with Crippen molar-refractivity contribution in [1.29, 1.82) is 0 Å². The van der Waals surface area contributed by atoms with Crippen molar-refractivity contribution in [2.45, 2.75) is 24.2 Å². The van der Waals surface area contributed by atoms with Gasteiger partial charge in [-0.05, 0) is 31.4 Å². The number of ether oxygens (including phenoxy) is 1. The van der Waals surface area contributed by atoms with Gasteiger partial charge in [-0.2, -0.15) is 0 Å². The normalized spacial score (nSPS) is 11.5. The summed E-state index contributed by atoms with van der Waals surface area (Å²) in [6.45, 7) is 0.825. The number of nitro benzene ring substituents is 1. The fourth-order valence-electron chi connectivity index (χ4n) is 1.73. The lowest BCUT2D eigenvalue weighted by Crippen LogP contribution is -2.25. The van der Waals surface area contributed by atoms with Gasteiger partial charge in [0.25, 0.3) is 5.69 Å². The molecule has 0 aromatic heterocycles. The van der Waals surface area contributed by atoms with E-state index in [-0.39, 0.29) is 12.2 Å². The number of benzene rings is 1. The monoisotopic (exact) mass is 317 g/mol. The van der Waals surface area contributed by atoms with E-state index in [1.54, 1.807) is 7.11 Å².